The Balaban J connectivity index is 3.81. The van der Waals surface area contributed by atoms with Gasteiger partial charge in [0.15, 0.2) is 0 Å². The number of hydrogen-bond acceptors (Lipinski definition) is 3. The second-order valence-electron chi connectivity index (χ2n) is 3.58. The number of amides is 1. The molecule has 0 aromatic heterocycles. The Morgan fingerprint density at radius 3 is 2.40 bits per heavy atom. The van der Waals surface area contributed by atoms with E-state index in [9.17, 15) is 9.59 Å². The second-order valence-corrected chi connectivity index (χ2v) is 4.83. The molecule has 1 unspecified atom stereocenters. The van der Waals surface area contributed by atoms with Gasteiger partial charge < -0.3 is 10.4 Å². The van der Waals surface area contributed by atoms with Gasteiger partial charge >= 0.3 is 5.97 Å². The molecular weight excluding hydrogens is 214 g/mol. The number of carboxylic acids is 1. The summed E-state index contributed by atoms with van der Waals surface area (Å²) in [5.74, 6) is -0.174. The minimum absolute atomic E-state index is 0.0158. The molecule has 15 heavy (non-hydrogen) atoms. The zero-order chi connectivity index (χ0) is 11.8. The molecule has 4 nitrogen and oxygen atoms in total. The Morgan fingerprint density at radius 2 is 2.00 bits per heavy atom. The van der Waals surface area contributed by atoms with Gasteiger partial charge in [0.2, 0.25) is 5.91 Å². The Labute approximate surface area is 94.8 Å². The van der Waals surface area contributed by atoms with Crippen LogP contribution >= 0.6 is 11.8 Å². The third-order valence-electron chi connectivity index (χ3n) is 1.85. The minimum atomic E-state index is -0.800. The number of carbonyl (C=O) groups is 2. The largest absolute Gasteiger partial charge is 0.480 e. The number of rotatable bonds is 7. The van der Waals surface area contributed by atoms with E-state index in [1.54, 1.807) is 0 Å². The number of hydrogen-bond donors (Lipinski definition) is 2. The number of aliphatic carboxylic acids is 1. The zero-order valence-electron chi connectivity index (χ0n) is 9.45. The maximum absolute atomic E-state index is 11.1. The summed E-state index contributed by atoms with van der Waals surface area (Å²) in [5.41, 5.74) is 0. The maximum Gasteiger partial charge on any atom is 0.316 e. The van der Waals surface area contributed by atoms with Gasteiger partial charge in [0.05, 0.1) is 0 Å². The van der Waals surface area contributed by atoms with Crippen LogP contribution in [0.25, 0.3) is 0 Å². The summed E-state index contributed by atoms with van der Waals surface area (Å²) < 4.78 is 0. The Morgan fingerprint density at radius 1 is 1.40 bits per heavy atom. The smallest absolute Gasteiger partial charge is 0.316 e. The maximum atomic E-state index is 11.1. The van der Waals surface area contributed by atoms with Crippen molar-refractivity contribution in [1.82, 2.24) is 5.32 Å². The van der Waals surface area contributed by atoms with Gasteiger partial charge in [0.1, 0.15) is 5.25 Å². The first-order valence-corrected chi connectivity index (χ1v) is 6.15. The van der Waals surface area contributed by atoms with Crippen LogP contribution in [-0.4, -0.2) is 34.5 Å². The van der Waals surface area contributed by atoms with Gasteiger partial charge in [-0.3, -0.25) is 9.59 Å². The topological polar surface area (TPSA) is 66.4 Å². The number of nitrogens with one attached hydrogen (secondary N) is 1. The molecule has 0 rings (SSSR count). The van der Waals surface area contributed by atoms with E-state index in [-0.39, 0.29) is 11.8 Å². The predicted molar refractivity (Wildman–Crippen MR) is 62.0 cm³/mol. The highest BCUT2D eigenvalue weighted by molar-refractivity contribution is 8.00. The highest BCUT2D eigenvalue weighted by Crippen LogP contribution is 2.20. The lowest BCUT2D eigenvalue weighted by Crippen LogP contribution is -2.26. The molecule has 1 atom stereocenters. The quantitative estimate of drug-likeness (QED) is 0.696. The Bertz CT molecular complexity index is 219. The summed E-state index contributed by atoms with van der Waals surface area (Å²) >= 11 is 1.33. The van der Waals surface area contributed by atoms with Crippen molar-refractivity contribution in [1.29, 1.82) is 0 Å². The third kappa shape index (κ3) is 6.38. The average Bonchev–Trinajstić information content (AvgIpc) is 2.11. The Kier molecular flexibility index (Phi) is 7.21. The fraction of sp³-hybridized carbons (Fsp3) is 0.800. The molecule has 0 bridgehead atoms. The first kappa shape index (κ1) is 14.3. The van der Waals surface area contributed by atoms with Crippen LogP contribution < -0.4 is 5.32 Å². The van der Waals surface area contributed by atoms with E-state index in [2.05, 4.69) is 5.32 Å². The van der Waals surface area contributed by atoms with Gasteiger partial charge in [0.25, 0.3) is 0 Å². The van der Waals surface area contributed by atoms with Gasteiger partial charge in [-0.2, -0.15) is 0 Å². The van der Waals surface area contributed by atoms with Crippen molar-refractivity contribution in [2.75, 3.05) is 12.3 Å². The van der Waals surface area contributed by atoms with E-state index in [4.69, 9.17) is 5.11 Å². The summed E-state index contributed by atoms with van der Waals surface area (Å²) in [7, 11) is 0. The SMILES string of the molecule is CCNC(=O)CCSC(C(=O)O)C(C)C. The molecule has 0 fully saturated rings. The lowest BCUT2D eigenvalue weighted by Gasteiger charge is -2.15. The summed E-state index contributed by atoms with van der Waals surface area (Å²) in [6, 6.07) is 0. The lowest BCUT2D eigenvalue weighted by molar-refractivity contribution is -0.137. The van der Waals surface area contributed by atoms with Crippen molar-refractivity contribution in [2.24, 2.45) is 5.92 Å². The molecule has 1 amide bonds. The lowest BCUT2D eigenvalue weighted by atomic mass is 10.1. The number of carboxylic acid groups (broad SMARTS) is 1. The summed E-state index contributed by atoms with van der Waals surface area (Å²) in [6.07, 6.45) is 0.384. The minimum Gasteiger partial charge on any atom is -0.480 e. The molecule has 88 valence electrons. The highest BCUT2D eigenvalue weighted by Gasteiger charge is 2.21. The summed E-state index contributed by atoms with van der Waals surface area (Å²) in [6.45, 7) is 6.23. The average molecular weight is 233 g/mol. The van der Waals surface area contributed by atoms with E-state index < -0.39 is 11.2 Å². The summed E-state index contributed by atoms with van der Waals surface area (Å²) in [5, 5.41) is 11.2. The van der Waals surface area contributed by atoms with Gasteiger partial charge in [-0.15, -0.1) is 11.8 Å². The molecule has 0 saturated heterocycles. The molecule has 0 aliphatic rings. The van der Waals surface area contributed by atoms with E-state index in [1.807, 2.05) is 20.8 Å². The second kappa shape index (κ2) is 7.56. The zero-order valence-corrected chi connectivity index (χ0v) is 10.3. The van der Waals surface area contributed by atoms with Crippen molar-refractivity contribution in [2.45, 2.75) is 32.4 Å². The molecule has 0 aromatic carbocycles. The third-order valence-corrected chi connectivity index (χ3v) is 3.39. The number of carbonyl (C=O) groups excluding carboxylic acids is 1. The molecule has 0 radical (unpaired) electrons. The Hall–Kier alpha value is -0.710. The normalized spacial score (nSPS) is 12.5. The molecule has 0 aliphatic carbocycles. The first-order valence-electron chi connectivity index (χ1n) is 5.10. The number of thioether (sulfide) groups is 1. The molecule has 2 N–H and O–H groups in total. The van der Waals surface area contributed by atoms with Crippen molar-refractivity contribution in [3.8, 4) is 0 Å². The van der Waals surface area contributed by atoms with Crippen molar-refractivity contribution in [3.05, 3.63) is 0 Å². The van der Waals surface area contributed by atoms with E-state index in [0.29, 0.717) is 18.7 Å². The van der Waals surface area contributed by atoms with Crippen LogP contribution in [-0.2, 0) is 9.59 Å². The highest BCUT2D eigenvalue weighted by atomic mass is 32.2. The van der Waals surface area contributed by atoms with E-state index in [1.165, 1.54) is 11.8 Å². The molecular formula is C10H19NO3S. The van der Waals surface area contributed by atoms with Crippen molar-refractivity contribution >= 4 is 23.6 Å². The van der Waals surface area contributed by atoms with Crippen LogP contribution in [0.3, 0.4) is 0 Å². The fourth-order valence-electron chi connectivity index (χ4n) is 1.11. The molecule has 0 spiro atoms. The monoisotopic (exact) mass is 233 g/mol. The molecule has 0 aromatic rings. The van der Waals surface area contributed by atoms with Crippen molar-refractivity contribution in [3.63, 3.8) is 0 Å². The van der Waals surface area contributed by atoms with Gasteiger partial charge in [-0.1, -0.05) is 13.8 Å². The van der Waals surface area contributed by atoms with Gasteiger partial charge in [-0.25, -0.2) is 0 Å². The van der Waals surface area contributed by atoms with E-state index >= 15 is 0 Å². The standard InChI is InChI=1S/C10H19NO3S/c1-4-11-8(12)5-6-15-9(7(2)3)10(13)14/h7,9H,4-6H2,1-3H3,(H,11,12)(H,13,14). The van der Waals surface area contributed by atoms with Crippen LogP contribution in [0.1, 0.15) is 27.2 Å². The van der Waals surface area contributed by atoms with Gasteiger partial charge in [-0.05, 0) is 12.8 Å². The van der Waals surface area contributed by atoms with Crippen LogP contribution in [0.5, 0.6) is 0 Å². The molecule has 5 heteroatoms. The van der Waals surface area contributed by atoms with Crippen LogP contribution in [0.4, 0.5) is 0 Å². The first-order chi connectivity index (χ1) is 6.99. The summed E-state index contributed by atoms with van der Waals surface area (Å²) in [4.78, 5) is 21.9. The van der Waals surface area contributed by atoms with Crippen LogP contribution in [0.2, 0.25) is 0 Å². The van der Waals surface area contributed by atoms with Crippen molar-refractivity contribution < 1.29 is 14.7 Å². The molecule has 0 aliphatic heterocycles. The molecule has 0 saturated carbocycles. The van der Waals surface area contributed by atoms with E-state index in [0.717, 1.165) is 0 Å². The van der Waals surface area contributed by atoms with Gasteiger partial charge in [0, 0.05) is 18.7 Å². The molecule has 0 heterocycles. The predicted octanol–water partition coefficient (Wildman–Crippen LogP) is 1.35. The van der Waals surface area contributed by atoms with Crippen LogP contribution in [0.15, 0.2) is 0 Å². The van der Waals surface area contributed by atoms with Crippen LogP contribution in [0, 0.1) is 5.92 Å². The fourth-order valence-corrected chi connectivity index (χ4v) is 2.20.